The Labute approximate surface area is 132 Å². The lowest BCUT2D eigenvalue weighted by atomic mass is 10.0. The summed E-state index contributed by atoms with van der Waals surface area (Å²) in [5, 5.41) is 22.8. The van der Waals surface area contributed by atoms with Crippen molar-refractivity contribution in [2.45, 2.75) is 6.92 Å². The highest BCUT2D eigenvalue weighted by molar-refractivity contribution is 5.95. The quantitative estimate of drug-likeness (QED) is 0.608. The molecule has 0 aliphatic rings. The zero-order valence-corrected chi connectivity index (χ0v) is 12.5. The predicted molar refractivity (Wildman–Crippen MR) is 89.4 cm³/mol. The van der Waals surface area contributed by atoms with Crippen LogP contribution in [0.1, 0.15) is 16.8 Å². The van der Waals surface area contributed by atoms with E-state index in [2.05, 4.69) is 49.0 Å². The third kappa shape index (κ3) is 2.40. The van der Waals surface area contributed by atoms with Gasteiger partial charge in [-0.3, -0.25) is 5.10 Å². The number of hydrogen-bond donors (Lipinski definition) is 2. The Hall–Kier alpha value is -3.28. The standard InChI is InChI=1S/C17H14N6/c1-11-13(17-20-22-23-21-17)8-10-15-16(11)14(18-19-15)9-7-12-5-3-2-4-6-12/h2-10H,1H3,(H,18,19)(H,20,21,22,23)/b9-7+. The van der Waals surface area contributed by atoms with Crippen LogP contribution in [0.3, 0.4) is 0 Å². The number of aromatic amines is 2. The highest BCUT2D eigenvalue weighted by atomic mass is 15.5. The Morgan fingerprint density at radius 3 is 2.61 bits per heavy atom. The SMILES string of the molecule is Cc1c(-c2nn[nH]n2)ccc2[nH]nc(/C=C/c3ccccc3)c12. The van der Waals surface area contributed by atoms with Crippen molar-refractivity contribution in [2.24, 2.45) is 0 Å². The molecule has 0 spiro atoms. The van der Waals surface area contributed by atoms with Crippen LogP contribution in [0, 0.1) is 6.92 Å². The minimum atomic E-state index is 0.587. The van der Waals surface area contributed by atoms with Crippen LogP contribution in [0.5, 0.6) is 0 Å². The monoisotopic (exact) mass is 302 g/mol. The maximum absolute atomic E-state index is 4.42. The first-order chi connectivity index (χ1) is 11.3. The molecule has 6 nitrogen and oxygen atoms in total. The topological polar surface area (TPSA) is 83.1 Å². The van der Waals surface area contributed by atoms with Gasteiger partial charge in [0.25, 0.3) is 0 Å². The lowest BCUT2D eigenvalue weighted by Crippen LogP contribution is -1.88. The van der Waals surface area contributed by atoms with Crippen LogP contribution in [0.15, 0.2) is 42.5 Å². The Bertz CT molecular complexity index is 967. The fraction of sp³-hybridized carbons (Fsp3) is 0.0588. The molecule has 6 heteroatoms. The van der Waals surface area contributed by atoms with Crippen molar-refractivity contribution in [3.05, 3.63) is 59.3 Å². The van der Waals surface area contributed by atoms with Crippen molar-refractivity contribution >= 4 is 23.1 Å². The second-order valence-electron chi connectivity index (χ2n) is 5.25. The van der Waals surface area contributed by atoms with E-state index >= 15 is 0 Å². The maximum Gasteiger partial charge on any atom is 0.204 e. The van der Waals surface area contributed by atoms with E-state index in [9.17, 15) is 0 Å². The zero-order chi connectivity index (χ0) is 15.6. The summed E-state index contributed by atoms with van der Waals surface area (Å²) in [6.07, 6.45) is 4.07. The highest BCUT2D eigenvalue weighted by Gasteiger charge is 2.13. The number of aromatic nitrogens is 6. The van der Waals surface area contributed by atoms with Gasteiger partial charge in [-0.05, 0) is 41.5 Å². The Morgan fingerprint density at radius 2 is 1.83 bits per heavy atom. The summed E-state index contributed by atoms with van der Waals surface area (Å²) >= 11 is 0. The molecule has 2 aromatic carbocycles. The van der Waals surface area contributed by atoms with E-state index in [-0.39, 0.29) is 0 Å². The molecule has 4 rings (SSSR count). The van der Waals surface area contributed by atoms with Crippen molar-refractivity contribution in [2.75, 3.05) is 0 Å². The molecule has 0 aliphatic heterocycles. The van der Waals surface area contributed by atoms with Crippen LogP contribution in [0.25, 0.3) is 34.4 Å². The lowest BCUT2D eigenvalue weighted by Gasteiger charge is -2.03. The lowest BCUT2D eigenvalue weighted by molar-refractivity contribution is 0.881. The fourth-order valence-electron chi connectivity index (χ4n) is 2.69. The molecule has 0 unspecified atom stereocenters. The largest absolute Gasteiger partial charge is 0.277 e. The molecule has 0 aliphatic carbocycles. The van der Waals surface area contributed by atoms with Crippen molar-refractivity contribution in [3.8, 4) is 11.4 Å². The second-order valence-corrected chi connectivity index (χ2v) is 5.25. The molecule has 0 bridgehead atoms. The summed E-state index contributed by atoms with van der Waals surface area (Å²) in [4.78, 5) is 0. The van der Waals surface area contributed by atoms with Gasteiger partial charge in [0, 0.05) is 10.9 Å². The highest BCUT2D eigenvalue weighted by Crippen LogP contribution is 2.29. The summed E-state index contributed by atoms with van der Waals surface area (Å²) < 4.78 is 0. The van der Waals surface area contributed by atoms with Gasteiger partial charge in [-0.25, -0.2) is 0 Å². The molecule has 112 valence electrons. The normalized spacial score (nSPS) is 11.5. The van der Waals surface area contributed by atoms with Gasteiger partial charge in [0.1, 0.15) is 0 Å². The van der Waals surface area contributed by atoms with Gasteiger partial charge in [-0.15, -0.1) is 10.2 Å². The number of tetrazole rings is 1. The van der Waals surface area contributed by atoms with Crippen LogP contribution in [0.4, 0.5) is 0 Å². The molecule has 0 atom stereocenters. The first kappa shape index (κ1) is 13.4. The van der Waals surface area contributed by atoms with Crippen LogP contribution in [-0.4, -0.2) is 30.8 Å². The number of nitrogens with zero attached hydrogens (tertiary/aromatic N) is 4. The number of H-pyrrole nitrogens is 2. The third-order valence-electron chi connectivity index (χ3n) is 3.84. The Morgan fingerprint density at radius 1 is 0.957 bits per heavy atom. The van der Waals surface area contributed by atoms with E-state index in [1.165, 1.54) is 0 Å². The molecule has 0 saturated heterocycles. The van der Waals surface area contributed by atoms with E-state index < -0.39 is 0 Å². The summed E-state index contributed by atoms with van der Waals surface area (Å²) in [7, 11) is 0. The van der Waals surface area contributed by atoms with Gasteiger partial charge in [0.05, 0.1) is 11.2 Å². The molecule has 4 aromatic rings. The smallest absolute Gasteiger partial charge is 0.204 e. The van der Waals surface area contributed by atoms with Crippen molar-refractivity contribution in [1.82, 2.24) is 30.8 Å². The second kappa shape index (κ2) is 5.49. The van der Waals surface area contributed by atoms with E-state index in [4.69, 9.17) is 0 Å². The number of aryl methyl sites for hydroxylation is 1. The van der Waals surface area contributed by atoms with Gasteiger partial charge in [-0.2, -0.15) is 10.3 Å². The zero-order valence-electron chi connectivity index (χ0n) is 12.5. The number of rotatable bonds is 3. The molecule has 0 fully saturated rings. The van der Waals surface area contributed by atoms with Gasteiger partial charge in [0.15, 0.2) is 0 Å². The molecule has 2 heterocycles. The summed E-state index contributed by atoms with van der Waals surface area (Å²) in [5.74, 6) is 0.587. The molecule has 0 amide bonds. The minimum absolute atomic E-state index is 0.587. The van der Waals surface area contributed by atoms with E-state index in [0.29, 0.717) is 5.82 Å². The fourth-order valence-corrected chi connectivity index (χ4v) is 2.69. The van der Waals surface area contributed by atoms with Crippen molar-refractivity contribution in [1.29, 1.82) is 0 Å². The molecule has 0 saturated carbocycles. The van der Waals surface area contributed by atoms with E-state index in [1.807, 2.05) is 43.3 Å². The van der Waals surface area contributed by atoms with Gasteiger partial charge >= 0.3 is 0 Å². The Balaban J connectivity index is 1.82. The average molecular weight is 302 g/mol. The average Bonchev–Trinajstić information content (AvgIpc) is 3.24. The van der Waals surface area contributed by atoms with Crippen molar-refractivity contribution in [3.63, 3.8) is 0 Å². The summed E-state index contributed by atoms with van der Waals surface area (Å²) in [5.41, 5.74) is 5.04. The van der Waals surface area contributed by atoms with E-state index in [1.54, 1.807) is 0 Å². The molecule has 23 heavy (non-hydrogen) atoms. The first-order valence-electron chi connectivity index (χ1n) is 7.27. The Kier molecular flexibility index (Phi) is 3.20. The van der Waals surface area contributed by atoms with Crippen LogP contribution < -0.4 is 0 Å². The maximum atomic E-state index is 4.42. The van der Waals surface area contributed by atoms with Gasteiger partial charge in [0.2, 0.25) is 5.82 Å². The molecular formula is C17H14N6. The molecule has 0 radical (unpaired) electrons. The third-order valence-corrected chi connectivity index (χ3v) is 3.84. The summed E-state index contributed by atoms with van der Waals surface area (Å²) in [6.45, 7) is 2.05. The molecule has 2 N–H and O–H groups in total. The minimum Gasteiger partial charge on any atom is -0.277 e. The molecule has 2 aromatic heterocycles. The number of fused-ring (bicyclic) bond motifs is 1. The van der Waals surface area contributed by atoms with Crippen LogP contribution in [-0.2, 0) is 0 Å². The number of benzene rings is 2. The summed E-state index contributed by atoms with van der Waals surface area (Å²) in [6, 6.07) is 14.1. The van der Waals surface area contributed by atoms with E-state index in [0.717, 1.165) is 33.3 Å². The van der Waals surface area contributed by atoms with Gasteiger partial charge in [-0.1, -0.05) is 36.4 Å². The van der Waals surface area contributed by atoms with Crippen molar-refractivity contribution < 1.29 is 0 Å². The predicted octanol–water partition coefficient (Wildman–Crippen LogP) is 3.22. The number of hydrogen-bond acceptors (Lipinski definition) is 4. The number of nitrogens with one attached hydrogen (secondary N) is 2. The first-order valence-corrected chi connectivity index (χ1v) is 7.27. The van der Waals surface area contributed by atoms with Crippen LogP contribution >= 0.6 is 0 Å². The van der Waals surface area contributed by atoms with Gasteiger partial charge < -0.3 is 0 Å². The molecular weight excluding hydrogens is 288 g/mol. The van der Waals surface area contributed by atoms with Crippen LogP contribution in [0.2, 0.25) is 0 Å².